The molecule has 0 bridgehead atoms. The largest absolute Gasteiger partial charge is 0.396 e. The van der Waals surface area contributed by atoms with Gasteiger partial charge in [0, 0.05) is 23.9 Å². The van der Waals surface area contributed by atoms with Gasteiger partial charge >= 0.3 is 0 Å². The Hall–Kier alpha value is -1.33. The molecule has 5 heteroatoms. The van der Waals surface area contributed by atoms with Crippen LogP contribution in [0.25, 0.3) is 0 Å². The minimum absolute atomic E-state index is 0.0678. The number of rotatable bonds is 3. The van der Waals surface area contributed by atoms with Crippen LogP contribution in [0.4, 0.5) is 0 Å². The average molecular weight is 360 g/mol. The first-order valence-electron chi connectivity index (χ1n) is 9.91. The third-order valence-corrected chi connectivity index (χ3v) is 8.25. The van der Waals surface area contributed by atoms with Crippen molar-refractivity contribution in [1.82, 2.24) is 0 Å². The molecule has 3 saturated carbocycles. The van der Waals surface area contributed by atoms with E-state index in [0.29, 0.717) is 12.8 Å². The van der Waals surface area contributed by atoms with E-state index in [9.17, 15) is 24.6 Å². The van der Waals surface area contributed by atoms with Gasteiger partial charge < -0.3 is 15.0 Å². The zero-order chi connectivity index (χ0) is 18.7. The van der Waals surface area contributed by atoms with Crippen molar-refractivity contribution in [1.29, 1.82) is 0 Å². The van der Waals surface area contributed by atoms with Gasteiger partial charge in [-0.15, -0.1) is 0 Å². The van der Waals surface area contributed by atoms with Crippen LogP contribution in [0.15, 0.2) is 11.6 Å². The molecule has 0 saturated heterocycles. The summed E-state index contributed by atoms with van der Waals surface area (Å²) in [5.74, 6) is -0.324. The lowest BCUT2D eigenvalue weighted by Gasteiger charge is -2.59. The van der Waals surface area contributed by atoms with Gasteiger partial charge in [0.05, 0.1) is 6.10 Å². The Morgan fingerprint density at radius 2 is 2.04 bits per heavy atom. The molecule has 7 atom stereocenters. The molecule has 2 N–H and O–H groups in total. The summed E-state index contributed by atoms with van der Waals surface area (Å²) in [4.78, 5) is 36.3. The second-order valence-electron chi connectivity index (χ2n) is 9.17. The molecule has 0 aromatic rings. The summed E-state index contributed by atoms with van der Waals surface area (Å²) >= 11 is 0. The van der Waals surface area contributed by atoms with E-state index in [1.807, 2.05) is 6.92 Å². The molecule has 0 spiro atoms. The minimum atomic E-state index is -0.657. The second kappa shape index (κ2) is 6.10. The van der Waals surface area contributed by atoms with Crippen LogP contribution in [0.2, 0.25) is 0 Å². The van der Waals surface area contributed by atoms with Crippen molar-refractivity contribution >= 4 is 17.9 Å². The van der Waals surface area contributed by atoms with Gasteiger partial charge in [0.25, 0.3) is 0 Å². The number of hydrogen-bond acceptors (Lipinski definition) is 5. The molecule has 4 rings (SSSR count). The summed E-state index contributed by atoms with van der Waals surface area (Å²) in [7, 11) is 0. The van der Waals surface area contributed by atoms with E-state index in [1.165, 1.54) is 6.08 Å². The normalized spacial score (nSPS) is 47.7. The van der Waals surface area contributed by atoms with Crippen molar-refractivity contribution in [3.8, 4) is 0 Å². The second-order valence-corrected chi connectivity index (χ2v) is 9.17. The fourth-order valence-electron chi connectivity index (χ4n) is 7.20. The van der Waals surface area contributed by atoms with Gasteiger partial charge in [0.1, 0.15) is 6.29 Å². The molecule has 0 heterocycles. The third-order valence-electron chi connectivity index (χ3n) is 8.25. The van der Waals surface area contributed by atoms with E-state index in [2.05, 4.69) is 0 Å². The highest BCUT2D eigenvalue weighted by molar-refractivity contribution is 6.42. The van der Waals surface area contributed by atoms with Gasteiger partial charge in [-0.2, -0.15) is 0 Å². The van der Waals surface area contributed by atoms with Crippen LogP contribution in [0.1, 0.15) is 51.9 Å². The zero-order valence-corrected chi connectivity index (χ0v) is 15.3. The lowest BCUT2D eigenvalue weighted by molar-refractivity contribution is -0.155. The number of ketones is 2. The predicted molar refractivity (Wildman–Crippen MR) is 94.1 cm³/mol. The lowest BCUT2D eigenvalue weighted by Crippen LogP contribution is -2.58. The van der Waals surface area contributed by atoms with Gasteiger partial charge in [-0.3, -0.25) is 9.59 Å². The van der Waals surface area contributed by atoms with Crippen molar-refractivity contribution in [2.24, 2.45) is 34.5 Å². The quantitative estimate of drug-likeness (QED) is 0.592. The van der Waals surface area contributed by atoms with Crippen LogP contribution in [0.3, 0.4) is 0 Å². The zero-order valence-electron chi connectivity index (χ0n) is 15.3. The predicted octanol–water partition coefficient (Wildman–Crippen LogP) is 1.85. The van der Waals surface area contributed by atoms with E-state index in [-0.39, 0.29) is 42.5 Å². The maximum Gasteiger partial charge on any atom is 0.221 e. The first kappa shape index (κ1) is 18.1. The Morgan fingerprint density at radius 1 is 1.27 bits per heavy atom. The summed E-state index contributed by atoms with van der Waals surface area (Å²) < 4.78 is 0. The van der Waals surface area contributed by atoms with Gasteiger partial charge in [-0.25, -0.2) is 0 Å². The summed E-state index contributed by atoms with van der Waals surface area (Å²) in [6.07, 6.45) is 6.60. The van der Waals surface area contributed by atoms with Crippen LogP contribution in [0, 0.1) is 34.5 Å². The standard InChI is InChI=1S/C21H28O5/c1-20-9-17(25)16(24)8-13(20)2-4-14-15-5-3-12(6-7-22)21(15,11-23)10-18(26)19(14)20/h8,11-12,14-15,18-19,22,26H,2-7,9-10H2,1H3/t12-,14+,15+,18+,19-,20+,21+/m1/s1. The number of allylic oxidation sites excluding steroid dienone is 1. The van der Waals surface area contributed by atoms with E-state index < -0.39 is 22.7 Å². The molecule has 4 aliphatic carbocycles. The fourth-order valence-corrected chi connectivity index (χ4v) is 7.20. The molecule has 0 aromatic carbocycles. The summed E-state index contributed by atoms with van der Waals surface area (Å²) in [6, 6.07) is 0. The Kier molecular flexibility index (Phi) is 4.23. The molecule has 0 radical (unpaired) electrons. The summed E-state index contributed by atoms with van der Waals surface area (Å²) in [6.45, 7) is 2.09. The molecule has 0 aromatic heterocycles. The van der Waals surface area contributed by atoms with Gasteiger partial charge in [0.2, 0.25) is 11.6 Å². The number of aldehydes is 1. The topological polar surface area (TPSA) is 91.7 Å². The number of carbonyl (C=O) groups excluding carboxylic acids is 3. The van der Waals surface area contributed by atoms with Gasteiger partial charge in [0.15, 0.2) is 0 Å². The lowest BCUT2D eigenvalue weighted by atomic mass is 9.45. The highest BCUT2D eigenvalue weighted by Crippen LogP contribution is 2.66. The highest BCUT2D eigenvalue weighted by atomic mass is 16.3. The van der Waals surface area contributed by atoms with E-state index in [1.54, 1.807) is 0 Å². The maximum absolute atomic E-state index is 12.2. The number of fused-ring (bicyclic) bond motifs is 5. The minimum Gasteiger partial charge on any atom is -0.396 e. The van der Waals surface area contributed by atoms with Gasteiger partial charge in [-0.05, 0) is 68.3 Å². The van der Waals surface area contributed by atoms with Crippen LogP contribution in [-0.2, 0) is 14.4 Å². The summed E-state index contributed by atoms with van der Waals surface area (Å²) in [5, 5.41) is 20.6. The number of aliphatic hydroxyl groups is 2. The van der Waals surface area contributed by atoms with Crippen LogP contribution in [0.5, 0.6) is 0 Å². The van der Waals surface area contributed by atoms with Gasteiger partial charge in [-0.1, -0.05) is 12.5 Å². The molecule has 26 heavy (non-hydrogen) atoms. The van der Waals surface area contributed by atoms with E-state index >= 15 is 0 Å². The first-order valence-corrected chi connectivity index (χ1v) is 9.91. The smallest absolute Gasteiger partial charge is 0.221 e. The van der Waals surface area contributed by atoms with Crippen LogP contribution >= 0.6 is 0 Å². The SMILES string of the molecule is C[C@]12CC(=O)C(=O)C=C1CC[C@@H]1[C@@H]2[C@@H](O)C[C@]2(C=O)[C@@H](CCO)CC[C@@H]12. The average Bonchev–Trinajstić information content (AvgIpc) is 2.95. The monoisotopic (exact) mass is 360 g/mol. The molecule has 4 aliphatic rings. The molecule has 0 amide bonds. The van der Waals surface area contributed by atoms with Crippen LogP contribution < -0.4 is 0 Å². The van der Waals surface area contributed by atoms with Crippen molar-refractivity contribution in [2.75, 3.05) is 6.61 Å². The molecular formula is C21H28O5. The molecular weight excluding hydrogens is 332 g/mol. The Bertz CT molecular complexity index is 682. The maximum atomic E-state index is 12.2. The molecule has 5 nitrogen and oxygen atoms in total. The first-order chi connectivity index (χ1) is 12.4. The fraction of sp³-hybridized carbons (Fsp3) is 0.762. The highest BCUT2D eigenvalue weighted by Gasteiger charge is 2.64. The van der Waals surface area contributed by atoms with Crippen molar-refractivity contribution in [3.05, 3.63) is 11.6 Å². The number of hydrogen-bond donors (Lipinski definition) is 2. The van der Waals surface area contributed by atoms with Crippen molar-refractivity contribution in [2.45, 2.75) is 58.0 Å². The Balaban J connectivity index is 1.74. The van der Waals surface area contributed by atoms with Crippen LogP contribution in [-0.4, -0.2) is 40.8 Å². The Morgan fingerprint density at radius 3 is 2.73 bits per heavy atom. The number of Topliss-reactive ketones (excluding diaryl/α,β-unsaturated/α-hetero) is 1. The van der Waals surface area contributed by atoms with E-state index in [4.69, 9.17) is 0 Å². The van der Waals surface area contributed by atoms with E-state index in [0.717, 1.165) is 37.5 Å². The molecule has 3 fully saturated rings. The number of carbonyl (C=O) groups is 3. The van der Waals surface area contributed by atoms with Crippen molar-refractivity contribution in [3.63, 3.8) is 0 Å². The summed E-state index contributed by atoms with van der Waals surface area (Å²) in [5.41, 5.74) is -0.0155. The Labute approximate surface area is 153 Å². The number of aliphatic hydroxyl groups excluding tert-OH is 2. The molecule has 0 unspecified atom stereocenters. The molecule has 142 valence electrons. The molecule has 0 aliphatic heterocycles. The third kappa shape index (κ3) is 2.26. The van der Waals surface area contributed by atoms with Crippen molar-refractivity contribution < 1.29 is 24.6 Å².